The van der Waals surface area contributed by atoms with Crippen LogP contribution >= 0.6 is 24.0 Å². The molecule has 8 heteroatoms. The van der Waals surface area contributed by atoms with Crippen molar-refractivity contribution in [3.8, 4) is 11.3 Å². The molecule has 4 aromatic rings. The average molecular weight is 470 g/mol. The van der Waals surface area contributed by atoms with Gasteiger partial charge in [-0.15, -0.1) is 17.5 Å². The van der Waals surface area contributed by atoms with Gasteiger partial charge in [0.1, 0.15) is 5.52 Å². The smallest absolute Gasteiger partial charge is 0.274 e. The van der Waals surface area contributed by atoms with Crippen molar-refractivity contribution in [1.29, 1.82) is 0 Å². The second kappa shape index (κ2) is 9.36. The molecule has 1 atom stereocenters. The first kappa shape index (κ1) is 22.4. The van der Waals surface area contributed by atoms with Crippen molar-refractivity contribution in [2.75, 3.05) is 18.0 Å². The number of H-pyrrole nitrogens is 1. The molecule has 166 valence electrons. The maximum atomic E-state index is 13.2. The molecule has 1 aliphatic heterocycles. The van der Waals surface area contributed by atoms with Crippen LogP contribution in [0.3, 0.4) is 0 Å². The molecule has 0 unspecified atom stereocenters. The van der Waals surface area contributed by atoms with E-state index in [2.05, 4.69) is 9.88 Å². The summed E-state index contributed by atoms with van der Waals surface area (Å²) >= 11 is 6.45. The van der Waals surface area contributed by atoms with Crippen LogP contribution in [0.2, 0.25) is 5.02 Å². The molecule has 0 aliphatic carbocycles. The van der Waals surface area contributed by atoms with Crippen LogP contribution in [0, 0.1) is 0 Å². The summed E-state index contributed by atoms with van der Waals surface area (Å²) in [5.41, 5.74) is 10.1. The zero-order valence-electron chi connectivity index (χ0n) is 17.5. The quantitative estimate of drug-likeness (QED) is 0.467. The minimum atomic E-state index is -0.163. The van der Waals surface area contributed by atoms with Gasteiger partial charge in [0.05, 0.1) is 11.9 Å². The molecule has 2 aromatic heterocycles. The zero-order chi connectivity index (χ0) is 21.4. The van der Waals surface area contributed by atoms with Gasteiger partial charge in [0.15, 0.2) is 5.82 Å². The lowest BCUT2D eigenvalue weighted by molar-refractivity contribution is 0.502. The molecule has 1 saturated heterocycles. The fourth-order valence-corrected chi connectivity index (χ4v) is 4.55. The average Bonchev–Trinajstić information content (AvgIpc) is 3.15. The molecule has 3 heterocycles. The Balaban J connectivity index is 0.00000245. The molecule has 2 aromatic carbocycles. The number of nitrogens with one attached hydrogen (secondary N) is 1. The highest BCUT2D eigenvalue weighted by Crippen LogP contribution is 2.30. The molecule has 5 rings (SSSR count). The third-order valence-corrected chi connectivity index (χ3v) is 6.24. The van der Waals surface area contributed by atoms with Gasteiger partial charge < -0.3 is 15.6 Å². The van der Waals surface area contributed by atoms with Crippen LogP contribution < -0.4 is 16.2 Å². The lowest BCUT2D eigenvalue weighted by Gasteiger charge is -2.31. The molecule has 1 aliphatic rings. The number of benzene rings is 2. The van der Waals surface area contributed by atoms with Crippen molar-refractivity contribution in [2.45, 2.75) is 25.3 Å². The number of hydrogen-bond acceptors (Lipinski definition) is 4. The third kappa shape index (κ3) is 4.26. The van der Waals surface area contributed by atoms with Crippen LogP contribution in [-0.2, 0) is 6.42 Å². The van der Waals surface area contributed by atoms with Crippen molar-refractivity contribution in [2.24, 2.45) is 5.73 Å². The summed E-state index contributed by atoms with van der Waals surface area (Å²) in [5.74, 6) is 0.811. The number of anilines is 1. The summed E-state index contributed by atoms with van der Waals surface area (Å²) in [6.45, 7) is 1.60. The highest BCUT2D eigenvalue weighted by Gasteiger charge is 2.25. The fraction of sp³-hybridized carbons (Fsp3) is 0.250. The predicted molar refractivity (Wildman–Crippen MR) is 132 cm³/mol. The van der Waals surface area contributed by atoms with E-state index < -0.39 is 0 Å². The van der Waals surface area contributed by atoms with Gasteiger partial charge in [-0.1, -0.05) is 60.1 Å². The van der Waals surface area contributed by atoms with Crippen LogP contribution in [0.4, 0.5) is 5.82 Å². The molecule has 0 amide bonds. The van der Waals surface area contributed by atoms with Gasteiger partial charge in [0, 0.05) is 36.1 Å². The number of aromatic nitrogens is 3. The number of nitrogens with zero attached hydrogens (tertiary/aromatic N) is 3. The van der Waals surface area contributed by atoms with Crippen molar-refractivity contribution in [3.63, 3.8) is 0 Å². The van der Waals surface area contributed by atoms with Crippen LogP contribution in [0.1, 0.15) is 24.0 Å². The first-order valence-electron chi connectivity index (χ1n) is 10.5. The van der Waals surface area contributed by atoms with Crippen LogP contribution in [0.15, 0.2) is 65.6 Å². The lowest BCUT2D eigenvalue weighted by atomic mass is 10.0. The van der Waals surface area contributed by atoms with E-state index in [9.17, 15) is 4.79 Å². The Morgan fingerprint density at radius 3 is 2.62 bits per heavy atom. The number of fused-ring (bicyclic) bond motifs is 1. The van der Waals surface area contributed by atoms with E-state index in [0.29, 0.717) is 17.0 Å². The van der Waals surface area contributed by atoms with E-state index in [0.717, 1.165) is 54.1 Å². The van der Waals surface area contributed by atoms with Gasteiger partial charge in [-0.25, -0.2) is 4.52 Å². The Kier molecular flexibility index (Phi) is 6.55. The summed E-state index contributed by atoms with van der Waals surface area (Å²) in [6, 6.07) is 17.6. The van der Waals surface area contributed by atoms with E-state index in [-0.39, 0.29) is 24.0 Å². The summed E-state index contributed by atoms with van der Waals surface area (Å²) in [4.78, 5) is 18.5. The summed E-state index contributed by atoms with van der Waals surface area (Å²) in [6.07, 6.45) is 4.42. The van der Waals surface area contributed by atoms with Gasteiger partial charge >= 0.3 is 0 Å². The third-order valence-electron chi connectivity index (χ3n) is 5.87. The number of rotatable bonds is 4. The maximum absolute atomic E-state index is 13.2. The standard InChI is InChI=1S/C24H24ClN5O.ClH/c25-20-11-5-4-9-17(20)13-19-22-24(31)27-21(16-7-2-1-3-8-16)15-30(22)28-23(19)29-12-6-10-18(26)14-29;/h1-5,7-9,11,15,18H,6,10,12-14,26H2,(H,27,31);1H/t18-;/m1./s1. The molecule has 6 nitrogen and oxygen atoms in total. The highest BCUT2D eigenvalue weighted by molar-refractivity contribution is 6.31. The van der Waals surface area contributed by atoms with E-state index >= 15 is 0 Å². The first-order valence-corrected chi connectivity index (χ1v) is 10.9. The van der Waals surface area contributed by atoms with Gasteiger partial charge in [-0.05, 0) is 30.0 Å². The van der Waals surface area contributed by atoms with Crippen LogP contribution in [-0.4, -0.2) is 33.7 Å². The first-order chi connectivity index (χ1) is 15.1. The topological polar surface area (TPSA) is 79.4 Å². The molecule has 0 spiro atoms. The number of hydrogen-bond donors (Lipinski definition) is 2. The highest BCUT2D eigenvalue weighted by atomic mass is 35.5. The number of piperidine rings is 1. The Labute approximate surface area is 197 Å². The van der Waals surface area contributed by atoms with Gasteiger partial charge in [0.2, 0.25) is 0 Å². The largest absolute Gasteiger partial charge is 0.353 e. The van der Waals surface area contributed by atoms with Gasteiger partial charge in [0.25, 0.3) is 5.56 Å². The van der Waals surface area contributed by atoms with E-state index in [1.165, 1.54) is 0 Å². The number of halogens is 2. The molecule has 32 heavy (non-hydrogen) atoms. The summed E-state index contributed by atoms with van der Waals surface area (Å²) in [5, 5.41) is 5.55. The van der Waals surface area contributed by atoms with Crippen LogP contribution in [0.5, 0.6) is 0 Å². The van der Waals surface area contributed by atoms with Gasteiger partial charge in [-0.2, -0.15) is 0 Å². The monoisotopic (exact) mass is 469 g/mol. The second-order valence-electron chi connectivity index (χ2n) is 8.07. The summed E-state index contributed by atoms with van der Waals surface area (Å²) < 4.78 is 1.71. The van der Waals surface area contributed by atoms with E-state index in [4.69, 9.17) is 22.4 Å². The molecule has 3 N–H and O–H groups in total. The Morgan fingerprint density at radius 1 is 1.12 bits per heavy atom. The van der Waals surface area contributed by atoms with Crippen molar-refractivity contribution in [1.82, 2.24) is 14.6 Å². The van der Waals surface area contributed by atoms with Crippen molar-refractivity contribution < 1.29 is 0 Å². The Hall–Kier alpha value is -2.80. The van der Waals surface area contributed by atoms with Crippen LogP contribution in [0.25, 0.3) is 16.8 Å². The number of nitrogens with two attached hydrogens (primary N) is 1. The molecule has 0 saturated carbocycles. The van der Waals surface area contributed by atoms with Crippen molar-refractivity contribution >= 4 is 35.3 Å². The van der Waals surface area contributed by atoms with E-state index in [1.54, 1.807) is 4.52 Å². The molecular weight excluding hydrogens is 445 g/mol. The Bertz CT molecular complexity index is 1280. The fourth-order valence-electron chi connectivity index (χ4n) is 4.34. The molecule has 0 bridgehead atoms. The lowest BCUT2D eigenvalue weighted by Crippen LogP contribution is -2.43. The minimum absolute atomic E-state index is 0. The second-order valence-corrected chi connectivity index (χ2v) is 8.48. The molecule has 1 fully saturated rings. The van der Waals surface area contributed by atoms with Crippen molar-refractivity contribution in [3.05, 3.63) is 87.3 Å². The normalized spacial score (nSPS) is 16.2. The Morgan fingerprint density at radius 2 is 1.88 bits per heavy atom. The SMILES string of the molecule is Cl.N[C@@H]1CCCN(c2nn3cc(-c4ccccc4)[nH]c(=O)c3c2Cc2ccccc2Cl)C1. The molecule has 0 radical (unpaired) electrons. The maximum Gasteiger partial charge on any atom is 0.274 e. The molecular formula is C24H25Cl2N5O. The zero-order valence-corrected chi connectivity index (χ0v) is 19.1. The predicted octanol–water partition coefficient (Wildman–Crippen LogP) is 4.28. The van der Waals surface area contributed by atoms with E-state index in [1.807, 2.05) is 60.8 Å². The summed E-state index contributed by atoms with van der Waals surface area (Å²) in [7, 11) is 0. The minimum Gasteiger partial charge on any atom is -0.353 e. The van der Waals surface area contributed by atoms with Gasteiger partial charge in [-0.3, -0.25) is 4.79 Å². The number of aromatic amines is 1.